The molecule has 1 fully saturated rings. The number of benzene rings is 1. The highest BCUT2D eigenvalue weighted by molar-refractivity contribution is 5.38. The highest BCUT2D eigenvalue weighted by atomic mass is 16.5. The van der Waals surface area contributed by atoms with Crippen LogP contribution < -0.4 is 15.2 Å². The molecule has 0 amide bonds. The summed E-state index contributed by atoms with van der Waals surface area (Å²) in [5, 5.41) is 0. The Labute approximate surface area is 109 Å². The number of rotatable bonds is 4. The van der Waals surface area contributed by atoms with Crippen LogP contribution in [0.3, 0.4) is 0 Å². The molecule has 2 N–H and O–H groups in total. The molecule has 0 radical (unpaired) electrons. The molecule has 4 nitrogen and oxygen atoms in total. The Morgan fingerprint density at radius 3 is 2.44 bits per heavy atom. The fourth-order valence-electron chi connectivity index (χ4n) is 2.45. The topological polar surface area (TPSA) is 47.7 Å². The molecule has 1 aromatic rings. The minimum atomic E-state index is 0.311. The Balaban J connectivity index is 2.07. The lowest BCUT2D eigenvalue weighted by Crippen LogP contribution is -2.42. The van der Waals surface area contributed by atoms with Gasteiger partial charge in [0, 0.05) is 25.2 Å². The fourth-order valence-corrected chi connectivity index (χ4v) is 2.45. The van der Waals surface area contributed by atoms with E-state index in [2.05, 4.69) is 17.0 Å². The molecule has 1 atom stereocenters. The smallest absolute Gasteiger partial charge is 0.122 e. The number of piperidine rings is 1. The first-order chi connectivity index (χ1) is 8.71. The van der Waals surface area contributed by atoms with Gasteiger partial charge in [-0.2, -0.15) is 0 Å². The van der Waals surface area contributed by atoms with E-state index in [9.17, 15) is 0 Å². The van der Waals surface area contributed by atoms with Crippen LogP contribution in [-0.4, -0.2) is 38.3 Å². The molecule has 1 heterocycles. The maximum atomic E-state index is 6.00. The van der Waals surface area contributed by atoms with Gasteiger partial charge in [-0.3, -0.25) is 4.90 Å². The second-order valence-electron chi connectivity index (χ2n) is 4.86. The monoisotopic (exact) mass is 250 g/mol. The van der Waals surface area contributed by atoms with Crippen LogP contribution in [0.1, 0.15) is 18.4 Å². The Morgan fingerprint density at radius 1 is 1.22 bits per heavy atom. The van der Waals surface area contributed by atoms with Crippen LogP contribution >= 0.6 is 0 Å². The number of methoxy groups -OCH3 is 2. The predicted molar refractivity (Wildman–Crippen MR) is 72.0 cm³/mol. The summed E-state index contributed by atoms with van der Waals surface area (Å²) in [6.45, 7) is 2.99. The molecule has 0 aromatic heterocycles. The van der Waals surface area contributed by atoms with Crippen LogP contribution in [0.2, 0.25) is 0 Å². The molecule has 4 heteroatoms. The van der Waals surface area contributed by atoms with E-state index >= 15 is 0 Å². The average Bonchev–Trinajstić information content (AvgIpc) is 2.38. The molecule has 0 saturated carbocycles. The standard InChI is InChI=1S/C14H22N2O2/c1-17-13-6-11(7-14(8-13)18-2)9-16-5-3-4-12(15)10-16/h6-8,12H,3-5,9-10,15H2,1-2H3. The SMILES string of the molecule is COc1cc(CN2CCCC(N)C2)cc(OC)c1. The van der Waals surface area contributed by atoms with Crippen molar-refractivity contribution in [2.24, 2.45) is 5.73 Å². The van der Waals surface area contributed by atoms with E-state index in [-0.39, 0.29) is 0 Å². The van der Waals surface area contributed by atoms with Gasteiger partial charge >= 0.3 is 0 Å². The van der Waals surface area contributed by atoms with E-state index in [1.54, 1.807) is 14.2 Å². The van der Waals surface area contributed by atoms with Gasteiger partial charge in [0.15, 0.2) is 0 Å². The minimum absolute atomic E-state index is 0.311. The summed E-state index contributed by atoms with van der Waals surface area (Å²) in [7, 11) is 3.35. The second kappa shape index (κ2) is 6.07. The molecule has 1 unspecified atom stereocenters. The van der Waals surface area contributed by atoms with Crippen molar-refractivity contribution in [2.75, 3.05) is 27.3 Å². The van der Waals surface area contributed by atoms with Gasteiger partial charge in [-0.1, -0.05) is 0 Å². The Kier molecular flexibility index (Phi) is 4.44. The van der Waals surface area contributed by atoms with Gasteiger partial charge in [-0.15, -0.1) is 0 Å². The normalized spacial score (nSPS) is 20.7. The Bertz CT molecular complexity index is 373. The summed E-state index contributed by atoms with van der Waals surface area (Å²) < 4.78 is 10.6. The molecule has 1 aromatic carbocycles. The molecular weight excluding hydrogens is 228 g/mol. The van der Waals surface area contributed by atoms with E-state index in [4.69, 9.17) is 15.2 Å². The number of hydrogen-bond acceptors (Lipinski definition) is 4. The molecule has 18 heavy (non-hydrogen) atoms. The molecule has 1 aliphatic heterocycles. The summed E-state index contributed by atoms with van der Waals surface area (Å²) in [6, 6.07) is 6.32. The third-order valence-corrected chi connectivity index (χ3v) is 3.36. The van der Waals surface area contributed by atoms with Crippen LogP contribution in [0.5, 0.6) is 11.5 Å². The lowest BCUT2D eigenvalue weighted by molar-refractivity contribution is 0.201. The van der Waals surface area contributed by atoms with E-state index in [1.165, 1.54) is 12.0 Å². The summed E-state index contributed by atoms with van der Waals surface area (Å²) in [4.78, 5) is 2.39. The zero-order chi connectivity index (χ0) is 13.0. The van der Waals surface area contributed by atoms with E-state index in [0.29, 0.717) is 6.04 Å². The molecular formula is C14H22N2O2. The van der Waals surface area contributed by atoms with Crippen LogP contribution in [0, 0.1) is 0 Å². The van der Waals surface area contributed by atoms with Gasteiger partial charge in [0.1, 0.15) is 11.5 Å². The first-order valence-corrected chi connectivity index (χ1v) is 6.41. The number of likely N-dealkylation sites (tertiary alicyclic amines) is 1. The molecule has 1 saturated heterocycles. The third-order valence-electron chi connectivity index (χ3n) is 3.36. The summed E-state index contributed by atoms with van der Waals surface area (Å²) in [5.41, 5.74) is 7.21. The lowest BCUT2D eigenvalue weighted by Gasteiger charge is -2.30. The van der Waals surface area contributed by atoms with Gasteiger partial charge in [-0.05, 0) is 37.1 Å². The summed E-state index contributed by atoms with van der Waals surface area (Å²) in [5.74, 6) is 1.68. The number of nitrogens with two attached hydrogens (primary N) is 1. The quantitative estimate of drug-likeness (QED) is 0.882. The number of hydrogen-bond donors (Lipinski definition) is 1. The lowest BCUT2D eigenvalue weighted by atomic mass is 10.1. The summed E-state index contributed by atoms with van der Waals surface area (Å²) in [6.07, 6.45) is 2.32. The average molecular weight is 250 g/mol. The molecule has 2 rings (SSSR count). The highest BCUT2D eigenvalue weighted by Crippen LogP contribution is 2.24. The number of ether oxygens (including phenoxy) is 2. The highest BCUT2D eigenvalue weighted by Gasteiger charge is 2.17. The van der Waals surface area contributed by atoms with Crippen molar-refractivity contribution in [3.05, 3.63) is 23.8 Å². The molecule has 0 bridgehead atoms. The van der Waals surface area contributed by atoms with E-state index in [1.807, 2.05) is 6.07 Å². The van der Waals surface area contributed by atoms with Gasteiger partial charge in [0.2, 0.25) is 0 Å². The van der Waals surface area contributed by atoms with Gasteiger partial charge in [0.25, 0.3) is 0 Å². The van der Waals surface area contributed by atoms with Gasteiger partial charge in [-0.25, -0.2) is 0 Å². The zero-order valence-electron chi connectivity index (χ0n) is 11.2. The third kappa shape index (κ3) is 3.37. The molecule has 0 aliphatic carbocycles. The van der Waals surface area contributed by atoms with Gasteiger partial charge < -0.3 is 15.2 Å². The molecule has 1 aliphatic rings. The van der Waals surface area contributed by atoms with Crippen molar-refractivity contribution in [1.29, 1.82) is 0 Å². The summed E-state index contributed by atoms with van der Waals surface area (Å²) >= 11 is 0. The van der Waals surface area contributed by atoms with Crippen LogP contribution in [0.15, 0.2) is 18.2 Å². The maximum Gasteiger partial charge on any atom is 0.122 e. The molecule has 0 spiro atoms. The zero-order valence-corrected chi connectivity index (χ0v) is 11.2. The van der Waals surface area contributed by atoms with Crippen molar-refractivity contribution >= 4 is 0 Å². The van der Waals surface area contributed by atoms with Crippen molar-refractivity contribution in [1.82, 2.24) is 4.90 Å². The van der Waals surface area contributed by atoms with Crippen LogP contribution in [0.4, 0.5) is 0 Å². The van der Waals surface area contributed by atoms with Crippen molar-refractivity contribution < 1.29 is 9.47 Å². The Morgan fingerprint density at radius 2 is 1.89 bits per heavy atom. The number of nitrogens with zero attached hydrogens (tertiary/aromatic N) is 1. The van der Waals surface area contributed by atoms with Crippen molar-refractivity contribution in [3.63, 3.8) is 0 Å². The van der Waals surface area contributed by atoms with Crippen molar-refractivity contribution in [3.8, 4) is 11.5 Å². The molecule has 100 valence electrons. The van der Waals surface area contributed by atoms with Crippen LogP contribution in [0.25, 0.3) is 0 Å². The predicted octanol–water partition coefficient (Wildman–Crippen LogP) is 1.63. The van der Waals surface area contributed by atoms with Gasteiger partial charge in [0.05, 0.1) is 14.2 Å². The van der Waals surface area contributed by atoms with Crippen LogP contribution in [-0.2, 0) is 6.54 Å². The van der Waals surface area contributed by atoms with Crippen molar-refractivity contribution in [2.45, 2.75) is 25.4 Å². The maximum absolute atomic E-state index is 6.00. The van der Waals surface area contributed by atoms with E-state index < -0.39 is 0 Å². The first kappa shape index (κ1) is 13.2. The van der Waals surface area contributed by atoms with E-state index in [0.717, 1.165) is 37.6 Å². The Hall–Kier alpha value is -1.26. The first-order valence-electron chi connectivity index (χ1n) is 6.41. The minimum Gasteiger partial charge on any atom is -0.497 e. The fraction of sp³-hybridized carbons (Fsp3) is 0.571. The largest absolute Gasteiger partial charge is 0.497 e. The second-order valence-corrected chi connectivity index (χ2v) is 4.86.